The Bertz CT molecular complexity index is 1050. The predicted octanol–water partition coefficient (Wildman–Crippen LogP) is 4.05. The number of rotatable bonds is 5. The number of nitrogens with zero attached hydrogens (tertiary/aromatic N) is 3. The van der Waals surface area contributed by atoms with E-state index in [1.54, 1.807) is 28.1 Å². The van der Waals surface area contributed by atoms with E-state index in [0.29, 0.717) is 31.2 Å². The smallest absolute Gasteiger partial charge is 0.348 e. The average Bonchev–Trinajstić information content (AvgIpc) is 3.09. The molecule has 0 aromatic heterocycles. The minimum Gasteiger partial charge on any atom is -0.418 e. The molecule has 2 aliphatic heterocycles. The fourth-order valence-corrected chi connectivity index (χ4v) is 3.31. The fourth-order valence-electron chi connectivity index (χ4n) is 3.31. The second kappa shape index (κ2) is 8.59. The quantitative estimate of drug-likeness (QED) is 0.789. The van der Waals surface area contributed by atoms with Gasteiger partial charge in [0.05, 0.1) is 6.20 Å². The van der Waals surface area contributed by atoms with Crippen LogP contribution in [0.4, 0.5) is 14.9 Å². The van der Waals surface area contributed by atoms with Crippen molar-refractivity contribution in [2.45, 2.75) is 26.3 Å². The summed E-state index contributed by atoms with van der Waals surface area (Å²) in [5.41, 5.74) is 2.64. The Kier molecular flexibility index (Phi) is 5.70. The van der Waals surface area contributed by atoms with Gasteiger partial charge in [-0.25, -0.2) is 9.18 Å². The van der Waals surface area contributed by atoms with Crippen LogP contribution < -0.4 is 5.32 Å². The SMILES string of the molecule is CC(C)c1ccc(NC(=O)C2=CN3CCN(Cc4ccc(F)cc4)C(=O)N=C3O2)cc1. The van der Waals surface area contributed by atoms with Crippen molar-refractivity contribution in [2.24, 2.45) is 4.99 Å². The van der Waals surface area contributed by atoms with Crippen molar-refractivity contribution < 1.29 is 18.7 Å². The lowest BCUT2D eigenvalue weighted by molar-refractivity contribution is -0.114. The van der Waals surface area contributed by atoms with Crippen molar-refractivity contribution in [1.29, 1.82) is 0 Å². The van der Waals surface area contributed by atoms with Gasteiger partial charge in [-0.2, -0.15) is 0 Å². The van der Waals surface area contributed by atoms with Crippen molar-refractivity contribution in [2.75, 3.05) is 18.4 Å². The van der Waals surface area contributed by atoms with Crippen molar-refractivity contribution in [1.82, 2.24) is 9.80 Å². The van der Waals surface area contributed by atoms with Crippen LogP contribution in [0, 0.1) is 5.82 Å². The number of hydrogen-bond donors (Lipinski definition) is 1. The number of nitrogens with one attached hydrogen (secondary N) is 1. The van der Waals surface area contributed by atoms with Gasteiger partial charge in [0.25, 0.3) is 5.91 Å². The minimum absolute atomic E-state index is 0.0754. The van der Waals surface area contributed by atoms with Gasteiger partial charge in [0, 0.05) is 25.3 Å². The first kappa shape index (κ1) is 20.6. The van der Waals surface area contributed by atoms with Gasteiger partial charge in [-0.05, 0) is 41.3 Å². The monoisotopic (exact) mass is 422 g/mol. The topological polar surface area (TPSA) is 74.2 Å². The summed E-state index contributed by atoms with van der Waals surface area (Å²) in [6, 6.07) is 13.2. The standard InChI is InChI=1S/C23H23FN4O3/c1-15(2)17-5-9-19(10-6-17)25-21(29)20-14-28-12-11-27(22(30)26-23(28)31-20)13-16-3-7-18(24)8-4-16/h3-10,14-15H,11-13H2,1-2H3,(H,25,29). The zero-order chi connectivity index (χ0) is 22.0. The predicted molar refractivity (Wildman–Crippen MR) is 115 cm³/mol. The molecule has 0 saturated heterocycles. The largest absolute Gasteiger partial charge is 0.418 e. The van der Waals surface area contributed by atoms with Gasteiger partial charge >= 0.3 is 12.1 Å². The molecular weight excluding hydrogens is 399 g/mol. The summed E-state index contributed by atoms with van der Waals surface area (Å²) < 4.78 is 18.6. The van der Waals surface area contributed by atoms with Gasteiger partial charge in [0.2, 0.25) is 5.76 Å². The summed E-state index contributed by atoms with van der Waals surface area (Å²) in [6.07, 6.45) is 1.55. The third kappa shape index (κ3) is 4.74. The molecule has 2 aromatic rings. The highest BCUT2D eigenvalue weighted by Gasteiger charge is 2.31. The maximum absolute atomic E-state index is 13.1. The summed E-state index contributed by atoms with van der Waals surface area (Å²) in [6.45, 7) is 5.33. The Balaban J connectivity index is 1.39. The van der Waals surface area contributed by atoms with E-state index in [-0.39, 0.29) is 17.6 Å². The van der Waals surface area contributed by atoms with Crippen LogP contribution in [0.1, 0.15) is 30.9 Å². The molecule has 31 heavy (non-hydrogen) atoms. The van der Waals surface area contributed by atoms with Crippen molar-refractivity contribution >= 4 is 23.6 Å². The number of urea groups is 1. The highest BCUT2D eigenvalue weighted by molar-refractivity contribution is 6.06. The van der Waals surface area contributed by atoms with Gasteiger partial charge in [-0.3, -0.25) is 9.69 Å². The molecule has 0 spiro atoms. The van der Waals surface area contributed by atoms with Crippen LogP contribution >= 0.6 is 0 Å². The molecule has 4 rings (SSSR count). The van der Waals surface area contributed by atoms with Crippen LogP contribution in [0.5, 0.6) is 0 Å². The number of ether oxygens (including phenoxy) is 1. The lowest BCUT2D eigenvalue weighted by Gasteiger charge is -2.19. The van der Waals surface area contributed by atoms with E-state index in [4.69, 9.17) is 4.74 Å². The number of halogens is 1. The Labute approximate surface area is 179 Å². The number of amidine groups is 1. The molecule has 2 aromatic carbocycles. The van der Waals surface area contributed by atoms with E-state index >= 15 is 0 Å². The lowest BCUT2D eigenvalue weighted by atomic mass is 10.0. The van der Waals surface area contributed by atoms with Crippen LogP contribution in [0.2, 0.25) is 0 Å². The van der Waals surface area contributed by atoms with E-state index in [0.717, 1.165) is 5.56 Å². The maximum Gasteiger partial charge on any atom is 0.348 e. The van der Waals surface area contributed by atoms with Crippen LogP contribution in [0.15, 0.2) is 65.5 Å². The molecule has 0 fully saturated rings. The highest BCUT2D eigenvalue weighted by Crippen LogP contribution is 2.21. The fraction of sp³-hybridized carbons (Fsp3) is 0.261. The molecule has 0 saturated carbocycles. The molecule has 2 heterocycles. The lowest BCUT2D eigenvalue weighted by Crippen LogP contribution is -2.31. The average molecular weight is 422 g/mol. The van der Waals surface area contributed by atoms with E-state index in [1.807, 2.05) is 24.3 Å². The first-order valence-corrected chi connectivity index (χ1v) is 10.1. The summed E-state index contributed by atoms with van der Waals surface area (Å²) in [5, 5.41) is 2.79. The highest BCUT2D eigenvalue weighted by atomic mass is 19.1. The number of fused-ring (bicyclic) bond motifs is 1. The maximum atomic E-state index is 13.1. The number of amides is 3. The number of carbonyl (C=O) groups excluding carboxylic acids is 2. The molecule has 0 bridgehead atoms. The van der Waals surface area contributed by atoms with Crippen molar-refractivity contribution in [3.05, 3.63) is 77.4 Å². The number of hydrogen-bond acceptors (Lipinski definition) is 4. The third-order valence-electron chi connectivity index (χ3n) is 5.14. The Morgan fingerprint density at radius 1 is 1.13 bits per heavy atom. The molecule has 3 amide bonds. The zero-order valence-corrected chi connectivity index (χ0v) is 17.3. The first-order chi connectivity index (χ1) is 14.9. The van der Waals surface area contributed by atoms with Gasteiger partial charge in [0.1, 0.15) is 5.82 Å². The molecular formula is C23H23FN4O3. The summed E-state index contributed by atoms with van der Waals surface area (Å²) >= 11 is 0. The first-order valence-electron chi connectivity index (χ1n) is 10.1. The Morgan fingerprint density at radius 3 is 2.52 bits per heavy atom. The number of carbonyl (C=O) groups is 2. The molecule has 0 aliphatic carbocycles. The normalized spacial score (nSPS) is 15.8. The summed E-state index contributed by atoms with van der Waals surface area (Å²) in [5.74, 6) is -0.258. The third-order valence-corrected chi connectivity index (χ3v) is 5.14. The summed E-state index contributed by atoms with van der Waals surface area (Å²) in [4.78, 5) is 32.3. The van der Waals surface area contributed by atoms with E-state index < -0.39 is 11.9 Å². The zero-order valence-electron chi connectivity index (χ0n) is 17.3. The van der Waals surface area contributed by atoms with Gasteiger partial charge in [-0.1, -0.05) is 38.1 Å². The number of anilines is 1. The molecule has 0 unspecified atom stereocenters. The van der Waals surface area contributed by atoms with Crippen LogP contribution in [0.25, 0.3) is 0 Å². The second-order valence-electron chi connectivity index (χ2n) is 7.74. The minimum atomic E-state index is -0.471. The van der Waals surface area contributed by atoms with Crippen LogP contribution in [-0.4, -0.2) is 40.8 Å². The Hall–Kier alpha value is -3.68. The number of benzene rings is 2. The Morgan fingerprint density at radius 2 is 1.84 bits per heavy atom. The van der Waals surface area contributed by atoms with E-state index in [9.17, 15) is 14.0 Å². The molecule has 8 heteroatoms. The molecule has 0 radical (unpaired) electrons. The second-order valence-corrected chi connectivity index (χ2v) is 7.74. The van der Waals surface area contributed by atoms with Crippen LogP contribution in [-0.2, 0) is 16.1 Å². The molecule has 1 N–H and O–H groups in total. The summed E-state index contributed by atoms with van der Waals surface area (Å²) in [7, 11) is 0. The van der Waals surface area contributed by atoms with Crippen LogP contribution in [0.3, 0.4) is 0 Å². The number of aliphatic imine (C=N–C) groups is 1. The van der Waals surface area contributed by atoms with Gasteiger partial charge in [0.15, 0.2) is 0 Å². The molecule has 7 nitrogen and oxygen atoms in total. The van der Waals surface area contributed by atoms with Crippen molar-refractivity contribution in [3.63, 3.8) is 0 Å². The van der Waals surface area contributed by atoms with Gasteiger partial charge < -0.3 is 15.0 Å². The van der Waals surface area contributed by atoms with Crippen molar-refractivity contribution in [3.8, 4) is 0 Å². The van der Waals surface area contributed by atoms with E-state index in [2.05, 4.69) is 24.2 Å². The van der Waals surface area contributed by atoms with E-state index in [1.165, 1.54) is 17.7 Å². The van der Waals surface area contributed by atoms with Gasteiger partial charge in [-0.15, -0.1) is 4.99 Å². The molecule has 2 aliphatic rings. The molecule has 160 valence electrons. The molecule has 0 atom stereocenters.